The summed E-state index contributed by atoms with van der Waals surface area (Å²) in [6.07, 6.45) is 0. The molecule has 126 valence electrons. The summed E-state index contributed by atoms with van der Waals surface area (Å²) in [5, 5.41) is 7.05. The highest BCUT2D eigenvalue weighted by Gasteiger charge is 2.17. The Balaban J connectivity index is 2.03. The highest BCUT2D eigenvalue weighted by molar-refractivity contribution is 9.10. The lowest BCUT2D eigenvalue weighted by Gasteiger charge is -2.07. The van der Waals surface area contributed by atoms with E-state index in [-0.39, 0.29) is 6.54 Å². The second-order valence-corrected chi connectivity index (χ2v) is 6.23. The largest absolute Gasteiger partial charge is 0.368 e. The minimum absolute atomic E-state index is 0.230. The molecule has 0 radical (unpaired) electrons. The third-order valence-electron chi connectivity index (χ3n) is 3.51. The van der Waals surface area contributed by atoms with E-state index < -0.39 is 11.8 Å². The Hall–Kier alpha value is -2.93. The Morgan fingerprint density at radius 3 is 2.40 bits per heavy atom. The van der Waals surface area contributed by atoms with Crippen molar-refractivity contribution in [1.82, 2.24) is 15.1 Å². The molecule has 0 fully saturated rings. The number of halogens is 1. The summed E-state index contributed by atoms with van der Waals surface area (Å²) in [4.78, 5) is 23.4. The van der Waals surface area contributed by atoms with Crippen molar-refractivity contribution in [3.8, 4) is 16.9 Å². The quantitative estimate of drug-likeness (QED) is 0.691. The average Bonchev–Trinajstić information content (AvgIpc) is 3.06. The van der Waals surface area contributed by atoms with E-state index in [4.69, 9.17) is 5.73 Å². The van der Waals surface area contributed by atoms with Crippen LogP contribution in [0.5, 0.6) is 0 Å². The van der Waals surface area contributed by atoms with Crippen molar-refractivity contribution in [2.75, 3.05) is 6.54 Å². The van der Waals surface area contributed by atoms with Crippen molar-refractivity contribution in [1.29, 1.82) is 0 Å². The number of amides is 2. The van der Waals surface area contributed by atoms with Crippen LogP contribution >= 0.6 is 15.9 Å². The maximum Gasteiger partial charge on any atom is 0.270 e. The van der Waals surface area contributed by atoms with Gasteiger partial charge in [0, 0.05) is 10.0 Å². The molecule has 0 aliphatic heterocycles. The number of primary amides is 1. The van der Waals surface area contributed by atoms with Gasteiger partial charge in [-0.05, 0) is 30.3 Å². The molecule has 0 aliphatic rings. The van der Waals surface area contributed by atoms with Gasteiger partial charge >= 0.3 is 0 Å². The number of para-hydroxylation sites is 1. The normalized spacial score (nSPS) is 10.4. The zero-order chi connectivity index (χ0) is 17.8. The number of carbonyl (C=O) groups excluding carboxylic acids is 2. The number of rotatable bonds is 5. The maximum atomic E-state index is 12.5. The number of hydrogen-bond donors (Lipinski definition) is 2. The number of nitrogens with two attached hydrogens (primary N) is 1. The molecule has 1 heterocycles. The van der Waals surface area contributed by atoms with Crippen LogP contribution in [0.4, 0.5) is 0 Å². The molecule has 0 spiro atoms. The molecular formula is C18H15BrN4O2. The van der Waals surface area contributed by atoms with E-state index in [2.05, 4.69) is 26.3 Å². The highest BCUT2D eigenvalue weighted by Crippen LogP contribution is 2.23. The van der Waals surface area contributed by atoms with E-state index in [0.717, 1.165) is 15.7 Å². The molecule has 0 aliphatic carbocycles. The monoisotopic (exact) mass is 398 g/mol. The summed E-state index contributed by atoms with van der Waals surface area (Å²) in [5.41, 5.74) is 7.70. The van der Waals surface area contributed by atoms with Gasteiger partial charge in [0.2, 0.25) is 5.91 Å². The van der Waals surface area contributed by atoms with E-state index in [1.165, 1.54) is 0 Å². The zero-order valence-electron chi connectivity index (χ0n) is 13.1. The number of nitrogens with one attached hydrogen (secondary N) is 1. The first-order chi connectivity index (χ1) is 12.0. The molecule has 1 aromatic heterocycles. The molecule has 25 heavy (non-hydrogen) atoms. The van der Waals surface area contributed by atoms with E-state index >= 15 is 0 Å². The first-order valence-electron chi connectivity index (χ1n) is 7.52. The molecule has 6 nitrogen and oxygen atoms in total. The molecule has 2 amide bonds. The Morgan fingerprint density at radius 1 is 1.08 bits per heavy atom. The number of nitrogens with zero attached hydrogens (tertiary/aromatic N) is 2. The molecule has 0 saturated heterocycles. The molecular weight excluding hydrogens is 384 g/mol. The van der Waals surface area contributed by atoms with Gasteiger partial charge in [0.25, 0.3) is 5.91 Å². The van der Waals surface area contributed by atoms with Gasteiger partial charge in [-0.15, -0.1) is 0 Å². The summed E-state index contributed by atoms with van der Waals surface area (Å²) in [6, 6.07) is 18.6. The van der Waals surface area contributed by atoms with Gasteiger partial charge in [0.1, 0.15) is 5.69 Å². The van der Waals surface area contributed by atoms with Gasteiger partial charge in [-0.1, -0.05) is 46.3 Å². The molecule has 3 aromatic rings. The first kappa shape index (κ1) is 16.9. The van der Waals surface area contributed by atoms with Crippen LogP contribution in [0, 0.1) is 0 Å². The second-order valence-electron chi connectivity index (χ2n) is 5.32. The van der Waals surface area contributed by atoms with Crippen LogP contribution in [0.2, 0.25) is 0 Å². The van der Waals surface area contributed by atoms with Crippen molar-refractivity contribution in [3.05, 3.63) is 70.8 Å². The van der Waals surface area contributed by atoms with E-state index in [0.29, 0.717) is 11.4 Å². The molecule has 0 unspecified atom stereocenters. The fourth-order valence-electron chi connectivity index (χ4n) is 2.33. The van der Waals surface area contributed by atoms with Crippen molar-refractivity contribution in [2.45, 2.75) is 0 Å². The fraction of sp³-hybridized carbons (Fsp3) is 0.0556. The Bertz CT molecular complexity index is 905. The summed E-state index contributed by atoms with van der Waals surface area (Å²) >= 11 is 3.40. The topological polar surface area (TPSA) is 90.0 Å². The van der Waals surface area contributed by atoms with E-state index in [1.807, 2.05) is 54.6 Å². The minimum Gasteiger partial charge on any atom is -0.368 e. The summed E-state index contributed by atoms with van der Waals surface area (Å²) < 4.78 is 2.51. The second kappa shape index (κ2) is 7.31. The molecule has 3 N–H and O–H groups in total. The number of benzene rings is 2. The van der Waals surface area contributed by atoms with Crippen LogP contribution < -0.4 is 11.1 Å². The van der Waals surface area contributed by atoms with Gasteiger partial charge < -0.3 is 11.1 Å². The molecule has 7 heteroatoms. The van der Waals surface area contributed by atoms with Crippen molar-refractivity contribution < 1.29 is 9.59 Å². The fourth-order valence-corrected chi connectivity index (χ4v) is 2.59. The third kappa shape index (κ3) is 3.95. The van der Waals surface area contributed by atoms with Gasteiger partial charge in [-0.25, -0.2) is 4.68 Å². The average molecular weight is 399 g/mol. The lowest BCUT2D eigenvalue weighted by atomic mass is 10.1. The SMILES string of the molecule is NC(=O)CNC(=O)c1cc(-c2ccc(Br)cc2)nn1-c1ccccc1. The van der Waals surface area contributed by atoms with E-state index in [9.17, 15) is 9.59 Å². The third-order valence-corrected chi connectivity index (χ3v) is 4.03. The molecule has 0 saturated carbocycles. The summed E-state index contributed by atoms with van der Waals surface area (Å²) in [7, 11) is 0. The van der Waals surface area contributed by atoms with Crippen LogP contribution in [-0.2, 0) is 4.79 Å². The van der Waals surface area contributed by atoms with Gasteiger partial charge in [0.15, 0.2) is 0 Å². The van der Waals surface area contributed by atoms with Crippen LogP contribution in [0.3, 0.4) is 0 Å². The van der Waals surface area contributed by atoms with Crippen LogP contribution in [-0.4, -0.2) is 28.1 Å². The van der Waals surface area contributed by atoms with Gasteiger partial charge in [-0.3, -0.25) is 9.59 Å². The van der Waals surface area contributed by atoms with Crippen molar-refractivity contribution >= 4 is 27.7 Å². The number of aromatic nitrogens is 2. The summed E-state index contributed by atoms with van der Waals surface area (Å²) in [5.74, 6) is -1.02. The van der Waals surface area contributed by atoms with Crippen LogP contribution in [0.15, 0.2) is 65.1 Å². The molecule has 0 atom stereocenters. The van der Waals surface area contributed by atoms with Crippen LogP contribution in [0.25, 0.3) is 16.9 Å². The Morgan fingerprint density at radius 2 is 1.76 bits per heavy atom. The van der Waals surface area contributed by atoms with Crippen molar-refractivity contribution in [3.63, 3.8) is 0 Å². The maximum absolute atomic E-state index is 12.5. The van der Waals surface area contributed by atoms with Gasteiger partial charge in [-0.2, -0.15) is 5.10 Å². The zero-order valence-corrected chi connectivity index (χ0v) is 14.7. The van der Waals surface area contributed by atoms with E-state index in [1.54, 1.807) is 10.7 Å². The number of carbonyl (C=O) groups is 2. The predicted octanol–water partition coefficient (Wildman–Crippen LogP) is 2.52. The first-order valence-corrected chi connectivity index (χ1v) is 8.32. The molecule has 3 rings (SSSR count). The summed E-state index contributed by atoms with van der Waals surface area (Å²) in [6.45, 7) is -0.230. The smallest absolute Gasteiger partial charge is 0.270 e. The molecule has 0 bridgehead atoms. The predicted molar refractivity (Wildman–Crippen MR) is 98.2 cm³/mol. The Kier molecular flexibility index (Phi) is 4.95. The standard InChI is InChI=1S/C18H15BrN4O2/c19-13-8-6-12(7-9-13)15-10-16(18(25)21-11-17(20)24)23(22-15)14-4-2-1-3-5-14/h1-10H,11H2,(H2,20,24)(H,21,25). The Labute approximate surface area is 152 Å². The number of hydrogen-bond acceptors (Lipinski definition) is 3. The minimum atomic E-state index is -0.604. The van der Waals surface area contributed by atoms with Gasteiger partial charge in [0.05, 0.1) is 17.9 Å². The molecule has 2 aromatic carbocycles. The lowest BCUT2D eigenvalue weighted by Crippen LogP contribution is -2.34. The lowest BCUT2D eigenvalue weighted by molar-refractivity contribution is -0.117. The van der Waals surface area contributed by atoms with Crippen LogP contribution in [0.1, 0.15) is 10.5 Å². The van der Waals surface area contributed by atoms with Crippen molar-refractivity contribution in [2.24, 2.45) is 5.73 Å². The highest BCUT2D eigenvalue weighted by atomic mass is 79.9.